The van der Waals surface area contributed by atoms with Crippen molar-refractivity contribution in [1.82, 2.24) is 4.98 Å². The van der Waals surface area contributed by atoms with Gasteiger partial charge in [-0.3, -0.25) is 14.1 Å². The highest BCUT2D eigenvalue weighted by Gasteiger charge is 2.28. The Hall–Kier alpha value is -3.30. The summed E-state index contributed by atoms with van der Waals surface area (Å²) in [5, 5.41) is 3.05. The number of nitrogens with zero attached hydrogens (tertiary/aromatic N) is 2. The van der Waals surface area contributed by atoms with Crippen LogP contribution < -0.4 is 19.1 Å². The van der Waals surface area contributed by atoms with Gasteiger partial charge in [-0.1, -0.05) is 11.6 Å². The maximum Gasteiger partial charge on any atom is 0.266 e. The monoisotopic (exact) mass is 461 g/mol. The van der Waals surface area contributed by atoms with Gasteiger partial charge in [-0.2, -0.15) is 0 Å². The second-order valence-corrected chi connectivity index (χ2v) is 8.59. The molecule has 162 valence electrons. The number of amides is 1. The number of halogens is 1. The minimum absolute atomic E-state index is 0.0426. The standard InChI is InChI=1S/C21H20ClN3O5S/c1-29-17-8-6-16(7-9-17)25(31(27,28)18-4-3-11-23-13-18)14-21(26)24-19-12-15(22)5-10-20(19)30-2/h3-13H,14H2,1-2H3,(H,24,26). The molecule has 0 atom stereocenters. The smallest absolute Gasteiger partial charge is 0.266 e. The number of methoxy groups -OCH3 is 2. The zero-order valence-corrected chi connectivity index (χ0v) is 18.4. The zero-order valence-electron chi connectivity index (χ0n) is 16.8. The van der Waals surface area contributed by atoms with Gasteiger partial charge in [-0.05, 0) is 54.6 Å². The number of pyridine rings is 1. The van der Waals surface area contributed by atoms with E-state index in [0.717, 1.165) is 4.31 Å². The molecule has 0 aliphatic carbocycles. The summed E-state index contributed by atoms with van der Waals surface area (Å²) >= 11 is 6.01. The highest BCUT2D eigenvalue weighted by molar-refractivity contribution is 7.92. The topological polar surface area (TPSA) is 97.8 Å². The van der Waals surface area contributed by atoms with Crippen LogP contribution in [-0.2, 0) is 14.8 Å². The summed E-state index contributed by atoms with van der Waals surface area (Å²) in [5.41, 5.74) is 0.617. The lowest BCUT2D eigenvalue weighted by Crippen LogP contribution is -2.38. The Labute approximate surface area is 185 Å². The predicted octanol–water partition coefficient (Wildman–Crippen LogP) is 3.59. The molecule has 0 unspecified atom stereocenters. The van der Waals surface area contributed by atoms with E-state index in [2.05, 4.69) is 10.3 Å². The second kappa shape index (κ2) is 9.67. The van der Waals surface area contributed by atoms with Crippen LogP contribution in [0.25, 0.3) is 0 Å². The lowest BCUT2D eigenvalue weighted by molar-refractivity contribution is -0.114. The van der Waals surface area contributed by atoms with E-state index in [1.807, 2.05) is 0 Å². The number of carbonyl (C=O) groups is 1. The molecule has 0 fully saturated rings. The van der Waals surface area contributed by atoms with E-state index in [1.54, 1.807) is 36.4 Å². The fourth-order valence-corrected chi connectivity index (χ4v) is 4.35. The molecular weight excluding hydrogens is 442 g/mol. The molecule has 8 nitrogen and oxygen atoms in total. The van der Waals surface area contributed by atoms with Gasteiger partial charge in [0, 0.05) is 17.4 Å². The Morgan fingerprint density at radius 1 is 1.10 bits per heavy atom. The molecule has 0 bridgehead atoms. The molecule has 1 amide bonds. The van der Waals surface area contributed by atoms with E-state index >= 15 is 0 Å². The van der Waals surface area contributed by atoms with Crippen molar-refractivity contribution in [2.45, 2.75) is 4.90 Å². The minimum atomic E-state index is -4.07. The highest BCUT2D eigenvalue weighted by Crippen LogP contribution is 2.29. The molecule has 2 aromatic carbocycles. The van der Waals surface area contributed by atoms with Crippen LogP contribution in [0.15, 0.2) is 71.9 Å². The molecule has 0 saturated carbocycles. The first-order valence-corrected chi connectivity index (χ1v) is 10.9. The maximum absolute atomic E-state index is 13.3. The van der Waals surface area contributed by atoms with E-state index < -0.39 is 22.5 Å². The summed E-state index contributed by atoms with van der Waals surface area (Å²) in [6.07, 6.45) is 2.69. The number of nitrogens with one attached hydrogen (secondary N) is 1. The van der Waals surface area contributed by atoms with Crippen molar-refractivity contribution < 1.29 is 22.7 Å². The Morgan fingerprint density at radius 2 is 1.84 bits per heavy atom. The van der Waals surface area contributed by atoms with E-state index in [1.165, 1.54) is 44.8 Å². The SMILES string of the molecule is COc1ccc(N(CC(=O)Nc2cc(Cl)ccc2OC)S(=O)(=O)c2cccnc2)cc1. The second-order valence-electron chi connectivity index (χ2n) is 6.29. The number of carbonyl (C=O) groups excluding carboxylic acids is 1. The van der Waals surface area contributed by atoms with E-state index in [-0.39, 0.29) is 10.6 Å². The summed E-state index contributed by atoms with van der Waals surface area (Å²) in [4.78, 5) is 16.7. The van der Waals surface area contributed by atoms with E-state index in [4.69, 9.17) is 21.1 Å². The van der Waals surface area contributed by atoms with Gasteiger partial charge in [0.2, 0.25) is 5.91 Å². The first kappa shape index (κ1) is 22.4. The van der Waals surface area contributed by atoms with Crippen LogP contribution in [0.4, 0.5) is 11.4 Å². The number of anilines is 2. The van der Waals surface area contributed by atoms with Gasteiger partial charge < -0.3 is 14.8 Å². The molecule has 0 radical (unpaired) electrons. The van der Waals surface area contributed by atoms with Gasteiger partial charge in [0.25, 0.3) is 10.0 Å². The van der Waals surface area contributed by atoms with Crippen molar-refractivity contribution in [1.29, 1.82) is 0 Å². The van der Waals surface area contributed by atoms with Gasteiger partial charge in [0.15, 0.2) is 0 Å². The summed E-state index contributed by atoms with van der Waals surface area (Å²) < 4.78 is 37.9. The van der Waals surface area contributed by atoms with Crippen LogP contribution >= 0.6 is 11.6 Å². The molecule has 0 spiro atoms. The molecule has 1 N–H and O–H groups in total. The summed E-state index contributed by atoms with van der Waals surface area (Å²) in [7, 11) is -1.11. The quantitative estimate of drug-likeness (QED) is 0.550. The average molecular weight is 462 g/mol. The summed E-state index contributed by atoms with van der Waals surface area (Å²) in [6, 6.07) is 14.0. The van der Waals surface area contributed by atoms with E-state index in [0.29, 0.717) is 22.2 Å². The van der Waals surface area contributed by atoms with Crippen molar-refractivity contribution in [2.75, 3.05) is 30.4 Å². The molecular formula is C21H20ClN3O5S. The Bertz CT molecular complexity index is 1160. The van der Waals surface area contributed by atoms with Crippen LogP contribution in [0.5, 0.6) is 11.5 Å². The molecule has 1 aromatic heterocycles. The Morgan fingerprint density at radius 3 is 2.45 bits per heavy atom. The van der Waals surface area contributed by atoms with Crippen molar-refractivity contribution in [3.63, 3.8) is 0 Å². The number of ether oxygens (including phenoxy) is 2. The molecule has 3 rings (SSSR count). The maximum atomic E-state index is 13.3. The van der Waals surface area contributed by atoms with Crippen LogP contribution in [0.2, 0.25) is 5.02 Å². The number of benzene rings is 2. The average Bonchev–Trinajstić information content (AvgIpc) is 2.78. The largest absolute Gasteiger partial charge is 0.497 e. The van der Waals surface area contributed by atoms with Crippen molar-refractivity contribution in [3.8, 4) is 11.5 Å². The predicted molar refractivity (Wildman–Crippen MR) is 118 cm³/mol. The number of rotatable bonds is 8. The van der Waals surface area contributed by atoms with E-state index in [9.17, 15) is 13.2 Å². The first-order chi connectivity index (χ1) is 14.8. The number of aromatic nitrogens is 1. The minimum Gasteiger partial charge on any atom is -0.497 e. The zero-order chi connectivity index (χ0) is 22.4. The molecule has 1 heterocycles. The fraction of sp³-hybridized carbons (Fsp3) is 0.143. The van der Waals surface area contributed by atoms with Gasteiger partial charge in [0.1, 0.15) is 22.9 Å². The molecule has 31 heavy (non-hydrogen) atoms. The number of hydrogen-bond acceptors (Lipinski definition) is 6. The van der Waals surface area contributed by atoms with Crippen LogP contribution in [0, 0.1) is 0 Å². The van der Waals surface area contributed by atoms with Gasteiger partial charge in [-0.15, -0.1) is 0 Å². The Balaban J connectivity index is 1.95. The van der Waals surface area contributed by atoms with Crippen LogP contribution in [0.1, 0.15) is 0 Å². The molecule has 3 aromatic rings. The van der Waals surface area contributed by atoms with Crippen molar-refractivity contribution in [3.05, 3.63) is 72.0 Å². The van der Waals surface area contributed by atoms with Gasteiger partial charge >= 0.3 is 0 Å². The lowest BCUT2D eigenvalue weighted by atomic mass is 10.3. The van der Waals surface area contributed by atoms with Crippen molar-refractivity contribution >= 4 is 38.9 Å². The Kier molecular flexibility index (Phi) is 6.98. The van der Waals surface area contributed by atoms with Crippen LogP contribution in [0.3, 0.4) is 0 Å². The lowest BCUT2D eigenvalue weighted by Gasteiger charge is -2.24. The third-order valence-corrected chi connectivity index (χ3v) is 6.30. The number of sulfonamides is 1. The molecule has 0 aliphatic rings. The number of hydrogen-bond donors (Lipinski definition) is 1. The third-order valence-electron chi connectivity index (χ3n) is 4.31. The third kappa shape index (κ3) is 5.25. The first-order valence-electron chi connectivity index (χ1n) is 9.05. The molecule has 10 heteroatoms. The normalized spacial score (nSPS) is 10.9. The summed E-state index contributed by atoms with van der Waals surface area (Å²) in [5.74, 6) is 0.364. The molecule has 0 aliphatic heterocycles. The fourth-order valence-electron chi connectivity index (χ4n) is 2.79. The van der Waals surface area contributed by atoms with Crippen molar-refractivity contribution in [2.24, 2.45) is 0 Å². The van der Waals surface area contributed by atoms with Gasteiger partial charge in [0.05, 0.1) is 25.6 Å². The molecule has 0 saturated heterocycles. The van der Waals surface area contributed by atoms with Crippen LogP contribution in [-0.4, -0.2) is 40.1 Å². The highest BCUT2D eigenvalue weighted by atomic mass is 35.5. The van der Waals surface area contributed by atoms with Gasteiger partial charge in [-0.25, -0.2) is 8.42 Å². The summed E-state index contributed by atoms with van der Waals surface area (Å²) in [6.45, 7) is -0.487.